The fraction of sp³-hybridized carbons (Fsp3) is 0.600. The first-order chi connectivity index (χ1) is 9.56. The maximum absolute atomic E-state index is 11.9. The van der Waals surface area contributed by atoms with E-state index in [0.29, 0.717) is 19.0 Å². The summed E-state index contributed by atoms with van der Waals surface area (Å²) in [5.74, 6) is 0.608. The molecule has 5 nitrogen and oxygen atoms in total. The lowest BCUT2D eigenvalue weighted by molar-refractivity contribution is -0.125. The SMILES string of the molecule is CCCCOc1ncccc1CNC(=O)[C@H](C)N(C)C. The lowest BCUT2D eigenvalue weighted by atomic mass is 10.2. The molecule has 0 fully saturated rings. The summed E-state index contributed by atoms with van der Waals surface area (Å²) in [7, 11) is 3.77. The van der Waals surface area contributed by atoms with Crippen LogP contribution in [0.15, 0.2) is 18.3 Å². The molecule has 1 heterocycles. The molecule has 0 aromatic carbocycles. The zero-order chi connectivity index (χ0) is 15.0. The van der Waals surface area contributed by atoms with E-state index in [2.05, 4.69) is 17.2 Å². The molecular formula is C15H25N3O2. The van der Waals surface area contributed by atoms with Crippen LogP contribution in [0.1, 0.15) is 32.3 Å². The van der Waals surface area contributed by atoms with E-state index >= 15 is 0 Å². The molecule has 0 aliphatic rings. The topological polar surface area (TPSA) is 54.5 Å². The van der Waals surface area contributed by atoms with E-state index in [0.717, 1.165) is 18.4 Å². The van der Waals surface area contributed by atoms with Gasteiger partial charge in [-0.2, -0.15) is 0 Å². The van der Waals surface area contributed by atoms with Crippen molar-refractivity contribution in [1.82, 2.24) is 15.2 Å². The number of carbonyl (C=O) groups is 1. The molecule has 0 aliphatic heterocycles. The highest BCUT2D eigenvalue weighted by molar-refractivity contribution is 5.81. The molecule has 1 atom stereocenters. The van der Waals surface area contributed by atoms with Crippen molar-refractivity contribution in [2.24, 2.45) is 0 Å². The van der Waals surface area contributed by atoms with E-state index < -0.39 is 0 Å². The Morgan fingerprint density at radius 1 is 1.50 bits per heavy atom. The van der Waals surface area contributed by atoms with Gasteiger partial charge in [0.1, 0.15) is 0 Å². The molecule has 1 amide bonds. The highest BCUT2D eigenvalue weighted by Gasteiger charge is 2.15. The summed E-state index contributed by atoms with van der Waals surface area (Å²) >= 11 is 0. The summed E-state index contributed by atoms with van der Waals surface area (Å²) in [6.07, 6.45) is 3.79. The van der Waals surface area contributed by atoms with Crippen molar-refractivity contribution in [2.75, 3.05) is 20.7 Å². The Morgan fingerprint density at radius 3 is 2.90 bits per heavy atom. The van der Waals surface area contributed by atoms with Crippen LogP contribution < -0.4 is 10.1 Å². The first-order valence-corrected chi connectivity index (χ1v) is 7.07. The molecule has 0 unspecified atom stereocenters. The van der Waals surface area contributed by atoms with E-state index in [4.69, 9.17) is 4.74 Å². The number of carbonyl (C=O) groups excluding carboxylic acids is 1. The molecule has 0 radical (unpaired) electrons. The molecule has 1 aromatic heterocycles. The highest BCUT2D eigenvalue weighted by Crippen LogP contribution is 2.14. The second kappa shape index (κ2) is 8.53. The number of pyridine rings is 1. The number of rotatable bonds is 8. The second-order valence-corrected chi connectivity index (χ2v) is 5.03. The number of amides is 1. The van der Waals surface area contributed by atoms with Gasteiger partial charge >= 0.3 is 0 Å². The van der Waals surface area contributed by atoms with Crippen LogP contribution in [-0.4, -0.2) is 42.5 Å². The molecule has 0 bridgehead atoms. The van der Waals surface area contributed by atoms with Crippen LogP contribution >= 0.6 is 0 Å². The van der Waals surface area contributed by atoms with Gasteiger partial charge in [-0.1, -0.05) is 19.4 Å². The van der Waals surface area contributed by atoms with Gasteiger partial charge in [0, 0.05) is 18.3 Å². The summed E-state index contributed by atoms with van der Waals surface area (Å²) in [5, 5.41) is 2.91. The van der Waals surface area contributed by atoms with Crippen LogP contribution in [0.25, 0.3) is 0 Å². The van der Waals surface area contributed by atoms with Gasteiger partial charge in [-0.3, -0.25) is 9.69 Å². The van der Waals surface area contributed by atoms with Gasteiger partial charge in [0.15, 0.2) is 0 Å². The minimum absolute atomic E-state index is 0.00152. The van der Waals surface area contributed by atoms with E-state index in [1.54, 1.807) is 6.20 Å². The summed E-state index contributed by atoms with van der Waals surface area (Å²) in [4.78, 5) is 18.0. The van der Waals surface area contributed by atoms with Gasteiger partial charge in [-0.05, 0) is 33.5 Å². The Morgan fingerprint density at radius 2 is 2.25 bits per heavy atom. The molecule has 20 heavy (non-hydrogen) atoms. The van der Waals surface area contributed by atoms with Crippen molar-refractivity contribution in [3.8, 4) is 5.88 Å². The average Bonchev–Trinajstić information content (AvgIpc) is 2.45. The largest absolute Gasteiger partial charge is 0.477 e. The predicted octanol–water partition coefficient (Wildman–Crippen LogP) is 1.83. The Bertz CT molecular complexity index is 421. The smallest absolute Gasteiger partial charge is 0.237 e. The van der Waals surface area contributed by atoms with Crippen molar-refractivity contribution < 1.29 is 9.53 Å². The molecule has 1 rings (SSSR count). The molecule has 0 spiro atoms. The number of unbranched alkanes of at least 4 members (excludes halogenated alkanes) is 1. The molecular weight excluding hydrogens is 254 g/mol. The van der Waals surface area contributed by atoms with Crippen LogP contribution in [0.2, 0.25) is 0 Å². The fourth-order valence-electron chi connectivity index (χ4n) is 1.57. The normalized spacial score (nSPS) is 12.2. The van der Waals surface area contributed by atoms with Crippen LogP contribution in [-0.2, 0) is 11.3 Å². The zero-order valence-corrected chi connectivity index (χ0v) is 12.8. The van der Waals surface area contributed by atoms with Crippen LogP contribution in [0, 0.1) is 0 Å². The summed E-state index contributed by atoms with van der Waals surface area (Å²) in [6.45, 7) is 5.08. The lowest BCUT2D eigenvalue weighted by Gasteiger charge is -2.19. The maximum atomic E-state index is 11.9. The van der Waals surface area contributed by atoms with Gasteiger partial charge in [0.2, 0.25) is 11.8 Å². The number of hydrogen-bond donors (Lipinski definition) is 1. The Hall–Kier alpha value is -1.62. The van der Waals surface area contributed by atoms with E-state index in [1.807, 2.05) is 38.1 Å². The maximum Gasteiger partial charge on any atom is 0.237 e. The van der Waals surface area contributed by atoms with Crippen LogP contribution in [0.3, 0.4) is 0 Å². The fourth-order valence-corrected chi connectivity index (χ4v) is 1.57. The number of likely N-dealkylation sites (N-methyl/N-ethyl adjacent to an activating group) is 1. The van der Waals surface area contributed by atoms with E-state index in [1.165, 1.54) is 0 Å². The third kappa shape index (κ3) is 5.17. The summed E-state index contributed by atoms with van der Waals surface area (Å²) < 4.78 is 5.64. The minimum Gasteiger partial charge on any atom is -0.477 e. The third-order valence-corrected chi connectivity index (χ3v) is 3.19. The van der Waals surface area contributed by atoms with Crippen molar-refractivity contribution in [1.29, 1.82) is 0 Å². The Balaban J connectivity index is 2.56. The Kier molecular flexibility index (Phi) is 7.01. The quantitative estimate of drug-likeness (QED) is 0.738. The standard InChI is InChI=1S/C15H25N3O2/c1-5-6-10-20-15-13(8-7-9-16-15)11-17-14(19)12(2)18(3)4/h7-9,12H,5-6,10-11H2,1-4H3,(H,17,19)/t12-/m0/s1. The van der Waals surface area contributed by atoms with Crippen molar-refractivity contribution in [2.45, 2.75) is 39.3 Å². The Labute approximate surface area is 121 Å². The molecule has 0 saturated carbocycles. The van der Waals surface area contributed by atoms with Gasteiger partial charge < -0.3 is 10.1 Å². The molecule has 1 N–H and O–H groups in total. The van der Waals surface area contributed by atoms with Crippen molar-refractivity contribution in [3.63, 3.8) is 0 Å². The summed E-state index contributed by atoms with van der Waals surface area (Å²) in [6, 6.07) is 3.62. The van der Waals surface area contributed by atoms with E-state index in [9.17, 15) is 4.79 Å². The number of hydrogen-bond acceptors (Lipinski definition) is 4. The first-order valence-electron chi connectivity index (χ1n) is 7.07. The molecule has 0 saturated heterocycles. The number of ether oxygens (including phenoxy) is 1. The number of nitrogens with zero attached hydrogens (tertiary/aromatic N) is 2. The monoisotopic (exact) mass is 279 g/mol. The molecule has 5 heteroatoms. The highest BCUT2D eigenvalue weighted by atomic mass is 16.5. The van der Waals surface area contributed by atoms with Crippen molar-refractivity contribution >= 4 is 5.91 Å². The van der Waals surface area contributed by atoms with Gasteiger partial charge in [-0.25, -0.2) is 4.98 Å². The lowest BCUT2D eigenvalue weighted by Crippen LogP contribution is -2.41. The predicted molar refractivity (Wildman–Crippen MR) is 79.6 cm³/mol. The van der Waals surface area contributed by atoms with Crippen LogP contribution in [0.4, 0.5) is 0 Å². The van der Waals surface area contributed by atoms with Gasteiger partial charge in [-0.15, -0.1) is 0 Å². The van der Waals surface area contributed by atoms with Gasteiger partial charge in [0.25, 0.3) is 0 Å². The first kappa shape index (κ1) is 16.4. The number of aromatic nitrogens is 1. The average molecular weight is 279 g/mol. The van der Waals surface area contributed by atoms with E-state index in [-0.39, 0.29) is 11.9 Å². The molecule has 1 aromatic rings. The van der Waals surface area contributed by atoms with Crippen LogP contribution in [0.5, 0.6) is 5.88 Å². The number of nitrogens with one attached hydrogen (secondary N) is 1. The second-order valence-electron chi connectivity index (χ2n) is 5.03. The van der Waals surface area contributed by atoms with Crippen molar-refractivity contribution in [3.05, 3.63) is 23.9 Å². The molecule has 112 valence electrons. The zero-order valence-electron chi connectivity index (χ0n) is 12.8. The van der Waals surface area contributed by atoms with Gasteiger partial charge in [0.05, 0.1) is 12.6 Å². The minimum atomic E-state index is -0.156. The summed E-state index contributed by atoms with van der Waals surface area (Å²) in [5.41, 5.74) is 0.905. The third-order valence-electron chi connectivity index (χ3n) is 3.19. The molecule has 0 aliphatic carbocycles.